The van der Waals surface area contributed by atoms with Crippen LogP contribution in [0.3, 0.4) is 0 Å². The summed E-state index contributed by atoms with van der Waals surface area (Å²) < 4.78 is 0. The smallest absolute Gasteiger partial charge is 0.253 e. The monoisotopic (exact) mass is 267 g/mol. The van der Waals surface area contributed by atoms with Gasteiger partial charge in [0.2, 0.25) is 0 Å². The highest BCUT2D eigenvalue weighted by Crippen LogP contribution is 2.15. The van der Waals surface area contributed by atoms with E-state index in [0.717, 1.165) is 12.8 Å². The quantitative estimate of drug-likeness (QED) is 0.522. The molecule has 100 valence electrons. The Bertz CT molecular complexity index is 396. The van der Waals surface area contributed by atoms with E-state index in [2.05, 4.69) is 11.6 Å². The number of rotatable bonds is 7. The summed E-state index contributed by atoms with van der Waals surface area (Å²) in [4.78, 5) is 11.8. The normalized spacial score (nSPS) is 10.3. The van der Waals surface area contributed by atoms with Crippen molar-refractivity contribution in [3.05, 3.63) is 23.8 Å². The molecule has 5 heteroatoms. The van der Waals surface area contributed by atoms with Gasteiger partial charge in [-0.05, 0) is 43.0 Å². The molecule has 0 saturated heterocycles. The van der Waals surface area contributed by atoms with Gasteiger partial charge in [0.25, 0.3) is 5.91 Å². The van der Waals surface area contributed by atoms with Crippen LogP contribution in [0.15, 0.2) is 18.2 Å². The molecule has 4 nitrogen and oxygen atoms in total. The second kappa shape index (κ2) is 7.87. The van der Waals surface area contributed by atoms with Crippen molar-refractivity contribution in [2.75, 3.05) is 30.0 Å². The van der Waals surface area contributed by atoms with Crippen molar-refractivity contribution < 1.29 is 4.79 Å². The van der Waals surface area contributed by atoms with Gasteiger partial charge in [0.05, 0.1) is 5.56 Å². The van der Waals surface area contributed by atoms with E-state index < -0.39 is 0 Å². The highest BCUT2D eigenvalue weighted by atomic mass is 32.2. The van der Waals surface area contributed by atoms with Crippen molar-refractivity contribution in [2.45, 2.75) is 19.3 Å². The van der Waals surface area contributed by atoms with Crippen LogP contribution in [0.4, 0.5) is 11.4 Å². The first-order chi connectivity index (χ1) is 8.65. The Morgan fingerprint density at radius 2 is 2.06 bits per heavy atom. The zero-order valence-electron chi connectivity index (χ0n) is 10.7. The molecule has 0 saturated carbocycles. The number of carbonyl (C=O) groups is 1. The minimum Gasteiger partial charge on any atom is -0.399 e. The molecule has 0 bridgehead atoms. The van der Waals surface area contributed by atoms with Crippen molar-refractivity contribution in [1.29, 1.82) is 0 Å². The molecule has 1 aromatic rings. The summed E-state index contributed by atoms with van der Waals surface area (Å²) in [6.45, 7) is 0.691. The van der Waals surface area contributed by atoms with Crippen LogP contribution in [0.1, 0.15) is 29.6 Å². The minimum atomic E-state index is -0.127. The highest BCUT2D eigenvalue weighted by Gasteiger charge is 2.08. The van der Waals surface area contributed by atoms with Crippen LogP contribution in [-0.2, 0) is 0 Å². The molecule has 0 atom stereocenters. The van der Waals surface area contributed by atoms with Gasteiger partial charge in [-0.1, -0.05) is 6.42 Å². The fraction of sp³-hybridized carbons (Fsp3) is 0.462. The fourth-order valence-electron chi connectivity index (χ4n) is 1.63. The number of nitrogens with two attached hydrogens (primary N) is 2. The lowest BCUT2D eigenvalue weighted by Gasteiger charge is -2.08. The summed E-state index contributed by atoms with van der Waals surface area (Å²) in [6.07, 6.45) is 5.44. The summed E-state index contributed by atoms with van der Waals surface area (Å²) in [6, 6.07) is 4.95. The molecule has 1 amide bonds. The fourth-order valence-corrected chi connectivity index (χ4v) is 2.13. The maximum atomic E-state index is 11.8. The summed E-state index contributed by atoms with van der Waals surface area (Å²) in [5.74, 6) is 1.05. The van der Waals surface area contributed by atoms with Crippen molar-refractivity contribution >= 4 is 29.0 Å². The molecule has 0 aliphatic heterocycles. The summed E-state index contributed by atoms with van der Waals surface area (Å²) in [5, 5.41) is 2.87. The van der Waals surface area contributed by atoms with Crippen LogP contribution in [-0.4, -0.2) is 24.5 Å². The Morgan fingerprint density at radius 3 is 2.72 bits per heavy atom. The first-order valence-corrected chi connectivity index (χ1v) is 7.46. The Hall–Kier alpha value is -1.36. The number of thioether (sulfide) groups is 1. The van der Waals surface area contributed by atoms with Gasteiger partial charge >= 0.3 is 0 Å². The van der Waals surface area contributed by atoms with Gasteiger partial charge in [-0.25, -0.2) is 0 Å². The third kappa shape index (κ3) is 4.87. The zero-order chi connectivity index (χ0) is 13.4. The number of amides is 1. The van der Waals surface area contributed by atoms with Crippen LogP contribution in [0, 0.1) is 0 Å². The molecule has 0 aliphatic carbocycles. The van der Waals surface area contributed by atoms with Crippen LogP contribution in [0.25, 0.3) is 0 Å². The van der Waals surface area contributed by atoms with E-state index in [9.17, 15) is 4.79 Å². The topological polar surface area (TPSA) is 81.1 Å². The van der Waals surface area contributed by atoms with Crippen molar-refractivity contribution in [2.24, 2.45) is 0 Å². The number of hydrogen-bond donors (Lipinski definition) is 3. The summed E-state index contributed by atoms with van der Waals surface area (Å²) >= 11 is 1.85. The van der Waals surface area contributed by atoms with Gasteiger partial charge in [0.1, 0.15) is 0 Å². The lowest BCUT2D eigenvalue weighted by Crippen LogP contribution is -2.25. The predicted octanol–water partition coefficient (Wildman–Crippen LogP) is 2.11. The molecule has 1 aromatic carbocycles. The Labute approximate surface area is 113 Å². The maximum Gasteiger partial charge on any atom is 0.253 e. The van der Waals surface area contributed by atoms with Gasteiger partial charge in [-0.2, -0.15) is 11.8 Å². The third-order valence-corrected chi connectivity index (χ3v) is 3.33. The molecule has 0 aromatic heterocycles. The maximum absolute atomic E-state index is 11.8. The van der Waals surface area contributed by atoms with Crippen molar-refractivity contribution in [3.8, 4) is 0 Å². The number of carbonyl (C=O) groups excluding carboxylic acids is 1. The van der Waals surface area contributed by atoms with Gasteiger partial charge < -0.3 is 16.8 Å². The molecular weight excluding hydrogens is 246 g/mol. The molecule has 0 heterocycles. The number of benzene rings is 1. The summed E-state index contributed by atoms with van der Waals surface area (Å²) in [7, 11) is 0. The first-order valence-electron chi connectivity index (χ1n) is 6.07. The average molecular weight is 267 g/mol. The number of hydrogen-bond acceptors (Lipinski definition) is 4. The lowest BCUT2D eigenvalue weighted by atomic mass is 10.1. The molecule has 5 N–H and O–H groups in total. The second-order valence-corrected chi connectivity index (χ2v) is 5.14. The number of anilines is 2. The number of nitrogens with one attached hydrogen (secondary N) is 1. The van der Waals surface area contributed by atoms with E-state index in [1.54, 1.807) is 18.2 Å². The molecule has 0 radical (unpaired) electrons. The van der Waals surface area contributed by atoms with E-state index in [4.69, 9.17) is 11.5 Å². The number of unbranched alkanes of at least 4 members (excludes halogenated alkanes) is 2. The summed E-state index contributed by atoms with van der Waals surface area (Å²) in [5.41, 5.74) is 12.8. The second-order valence-electron chi connectivity index (χ2n) is 4.16. The Morgan fingerprint density at radius 1 is 1.28 bits per heavy atom. The molecule has 1 rings (SSSR count). The van der Waals surface area contributed by atoms with Crippen molar-refractivity contribution in [3.63, 3.8) is 0 Å². The van der Waals surface area contributed by atoms with Crippen LogP contribution in [0.5, 0.6) is 0 Å². The highest BCUT2D eigenvalue weighted by molar-refractivity contribution is 7.98. The molecule has 0 aliphatic rings. The van der Waals surface area contributed by atoms with E-state index in [1.165, 1.54) is 12.2 Å². The number of nitrogen functional groups attached to an aromatic ring is 2. The molecule has 0 unspecified atom stereocenters. The van der Waals surface area contributed by atoms with Crippen molar-refractivity contribution in [1.82, 2.24) is 5.32 Å². The third-order valence-electron chi connectivity index (χ3n) is 2.63. The molecule has 0 spiro atoms. The zero-order valence-corrected chi connectivity index (χ0v) is 11.6. The molecule has 18 heavy (non-hydrogen) atoms. The lowest BCUT2D eigenvalue weighted by molar-refractivity contribution is 0.0954. The standard InChI is InChI=1S/C13H21N3OS/c1-18-8-4-2-3-7-16-13(17)11-6-5-10(14)9-12(11)15/h5-6,9H,2-4,7-8,14-15H2,1H3,(H,16,17). The largest absolute Gasteiger partial charge is 0.399 e. The van der Waals surface area contributed by atoms with Gasteiger partial charge in [0.15, 0.2) is 0 Å². The van der Waals surface area contributed by atoms with Gasteiger partial charge in [-0.3, -0.25) is 4.79 Å². The first kappa shape index (κ1) is 14.7. The van der Waals surface area contributed by atoms with Gasteiger partial charge in [0, 0.05) is 17.9 Å². The van der Waals surface area contributed by atoms with Crippen LogP contribution >= 0.6 is 11.8 Å². The average Bonchev–Trinajstić information content (AvgIpc) is 2.33. The molecular formula is C13H21N3OS. The van der Waals surface area contributed by atoms with E-state index in [0.29, 0.717) is 23.5 Å². The van der Waals surface area contributed by atoms with E-state index in [1.807, 2.05) is 11.8 Å². The SMILES string of the molecule is CSCCCCCNC(=O)c1ccc(N)cc1N. The van der Waals surface area contributed by atoms with Gasteiger partial charge in [-0.15, -0.1) is 0 Å². The van der Waals surface area contributed by atoms with Crippen LogP contribution < -0.4 is 16.8 Å². The molecule has 0 fully saturated rings. The van der Waals surface area contributed by atoms with E-state index >= 15 is 0 Å². The van der Waals surface area contributed by atoms with Crippen LogP contribution in [0.2, 0.25) is 0 Å². The minimum absolute atomic E-state index is 0.127. The Kier molecular flexibility index (Phi) is 6.43. The van der Waals surface area contributed by atoms with E-state index in [-0.39, 0.29) is 5.91 Å². The Balaban J connectivity index is 2.32. The predicted molar refractivity (Wildman–Crippen MR) is 79.8 cm³/mol.